The first-order chi connectivity index (χ1) is 9.14. The largest absolute Gasteiger partial charge is 0.513 e. The minimum absolute atomic E-state index is 0.202. The van der Waals surface area contributed by atoms with Gasteiger partial charge in [0, 0.05) is 6.42 Å². The lowest BCUT2D eigenvalue weighted by Crippen LogP contribution is -2.38. The molecular formula is C14H22O6. The lowest BCUT2D eigenvalue weighted by atomic mass is 10.1. The molecule has 0 aromatic heterocycles. The molecule has 0 atom stereocenters. The van der Waals surface area contributed by atoms with Crippen molar-refractivity contribution in [3.8, 4) is 0 Å². The van der Waals surface area contributed by atoms with Crippen molar-refractivity contribution in [3.05, 3.63) is 25.7 Å². The highest BCUT2D eigenvalue weighted by molar-refractivity contribution is 5.79. The van der Waals surface area contributed by atoms with E-state index in [2.05, 4.69) is 22.6 Å². The number of hydrogen-bond donors (Lipinski definition) is 0. The number of ether oxygens (including phenoxy) is 4. The van der Waals surface area contributed by atoms with Crippen molar-refractivity contribution in [3.63, 3.8) is 0 Å². The molecule has 0 rings (SSSR count). The molecule has 0 bridgehead atoms. The average Bonchev–Trinajstić information content (AvgIpc) is 2.27. The minimum Gasteiger partial charge on any atom is -0.433 e. The Morgan fingerprint density at radius 3 is 2.10 bits per heavy atom. The summed E-state index contributed by atoms with van der Waals surface area (Å²) in [6.07, 6.45) is 1.58. The first kappa shape index (κ1) is 18.2. The van der Waals surface area contributed by atoms with Crippen molar-refractivity contribution in [2.45, 2.75) is 45.3 Å². The number of rotatable bonds is 8. The summed E-state index contributed by atoms with van der Waals surface area (Å²) in [6.45, 7) is 13.3. The van der Waals surface area contributed by atoms with E-state index in [9.17, 15) is 9.59 Å². The van der Waals surface area contributed by atoms with Gasteiger partial charge in [0.1, 0.15) is 5.60 Å². The Bertz CT molecular complexity index is 370. The van der Waals surface area contributed by atoms with Gasteiger partial charge < -0.3 is 18.9 Å². The van der Waals surface area contributed by atoms with E-state index in [1.54, 1.807) is 27.7 Å². The number of carbonyl (C=O) groups excluding carboxylic acids is 2. The maximum Gasteiger partial charge on any atom is 0.513 e. The maximum absolute atomic E-state index is 11.5. The fourth-order valence-electron chi connectivity index (χ4n) is 1.20. The van der Waals surface area contributed by atoms with E-state index >= 15 is 0 Å². The van der Waals surface area contributed by atoms with Crippen LogP contribution in [0.5, 0.6) is 0 Å². The van der Waals surface area contributed by atoms with Crippen LogP contribution in [0.15, 0.2) is 25.7 Å². The van der Waals surface area contributed by atoms with Crippen LogP contribution in [0.25, 0.3) is 0 Å². The van der Waals surface area contributed by atoms with Gasteiger partial charge in [0.15, 0.2) is 5.60 Å². The van der Waals surface area contributed by atoms with E-state index in [1.807, 2.05) is 0 Å². The van der Waals surface area contributed by atoms with Crippen LogP contribution in [0.3, 0.4) is 0 Å². The van der Waals surface area contributed by atoms with E-state index in [4.69, 9.17) is 9.47 Å². The monoisotopic (exact) mass is 286 g/mol. The quantitative estimate of drug-likeness (QED) is 0.504. The summed E-state index contributed by atoms with van der Waals surface area (Å²) in [5, 5.41) is 0. The molecule has 0 aliphatic heterocycles. The third-order valence-electron chi connectivity index (χ3n) is 2.39. The topological polar surface area (TPSA) is 71.1 Å². The normalized spacial score (nSPS) is 11.4. The van der Waals surface area contributed by atoms with Crippen molar-refractivity contribution >= 4 is 12.1 Å². The van der Waals surface area contributed by atoms with Gasteiger partial charge >= 0.3 is 12.1 Å². The molecular weight excluding hydrogens is 264 g/mol. The van der Waals surface area contributed by atoms with Crippen molar-refractivity contribution in [1.29, 1.82) is 0 Å². The van der Waals surface area contributed by atoms with Gasteiger partial charge in [-0.05, 0) is 27.7 Å². The first-order valence-electron chi connectivity index (χ1n) is 6.11. The van der Waals surface area contributed by atoms with Crippen LogP contribution in [0.4, 0.5) is 4.79 Å². The predicted octanol–water partition coefficient (Wildman–Crippen LogP) is 2.93. The molecule has 0 aliphatic carbocycles. The van der Waals surface area contributed by atoms with Crippen LogP contribution < -0.4 is 0 Å². The van der Waals surface area contributed by atoms with E-state index < -0.39 is 23.3 Å². The Morgan fingerprint density at radius 1 is 1.05 bits per heavy atom. The van der Waals surface area contributed by atoms with Crippen LogP contribution in [-0.4, -0.2) is 29.9 Å². The Balaban J connectivity index is 4.27. The zero-order valence-corrected chi connectivity index (χ0v) is 12.4. The molecule has 6 nitrogen and oxygen atoms in total. The summed E-state index contributed by atoms with van der Waals surface area (Å²) < 4.78 is 19.6. The van der Waals surface area contributed by atoms with Crippen molar-refractivity contribution in [2.24, 2.45) is 0 Å². The third-order valence-corrected chi connectivity index (χ3v) is 2.39. The number of carbonyl (C=O) groups is 2. The van der Waals surface area contributed by atoms with Gasteiger partial charge in [-0.1, -0.05) is 13.2 Å². The Kier molecular flexibility index (Phi) is 6.99. The van der Waals surface area contributed by atoms with Crippen LogP contribution in [0.2, 0.25) is 0 Å². The fourth-order valence-corrected chi connectivity index (χ4v) is 1.20. The Hall–Kier alpha value is -1.82. The van der Waals surface area contributed by atoms with Crippen molar-refractivity contribution in [2.75, 3.05) is 6.61 Å². The summed E-state index contributed by atoms with van der Waals surface area (Å²) in [7, 11) is 0. The lowest BCUT2D eigenvalue weighted by Gasteiger charge is -2.27. The molecule has 0 radical (unpaired) electrons. The molecule has 0 aromatic carbocycles. The molecule has 0 aliphatic rings. The molecule has 0 aromatic rings. The van der Waals surface area contributed by atoms with Gasteiger partial charge in [-0.25, -0.2) is 9.59 Å². The predicted molar refractivity (Wildman–Crippen MR) is 72.8 cm³/mol. The van der Waals surface area contributed by atoms with Gasteiger partial charge in [-0.15, -0.1) is 0 Å². The second-order valence-electron chi connectivity index (χ2n) is 5.08. The van der Waals surface area contributed by atoms with Crippen LogP contribution in [-0.2, 0) is 23.7 Å². The number of esters is 1. The van der Waals surface area contributed by atoms with Crippen LogP contribution >= 0.6 is 0 Å². The third kappa shape index (κ3) is 6.94. The van der Waals surface area contributed by atoms with Gasteiger partial charge in [0.05, 0.1) is 19.1 Å². The summed E-state index contributed by atoms with van der Waals surface area (Å²) in [5.74, 6) is -0.544. The van der Waals surface area contributed by atoms with Crippen LogP contribution in [0, 0.1) is 0 Å². The smallest absolute Gasteiger partial charge is 0.433 e. The van der Waals surface area contributed by atoms with E-state index in [1.165, 1.54) is 0 Å². The van der Waals surface area contributed by atoms with Crippen LogP contribution in [0.1, 0.15) is 34.1 Å². The molecule has 0 amide bonds. The second kappa shape index (κ2) is 7.69. The molecule has 0 spiro atoms. The van der Waals surface area contributed by atoms with Gasteiger partial charge in [-0.3, -0.25) is 0 Å². The minimum atomic E-state index is -1.11. The number of hydrogen-bond acceptors (Lipinski definition) is 6. The zero-order valence-electron chi connectivity index (χ0n) is 12.4. The maximum atomic E-state index is 11.5. The van der Waals surface area contributed by atoms with Gasteiger partial charge in [-0.2, -0.15) is 0 Å². The van der Waals surface area contributed by atoms with Crippen molar-refractivity contribution < 1.29 is 28.5 Å². The molecule has 20 heavy (non-hydrogen) atoms. The van der Waals surface area contributed by atoms with E-state index in [-0.39, 0.29) is 6.61 Å². The molecule has 0 N–H and O–H groups in total. The lowest BCUT2D eigenvalue weighted by molar-refractivity contribution is -0.163. The second-order valence-corrected chi connectivity index (χ2v) is 5.08. The highest BCUT2D eigenvalue weighted by atomic mass is 16.7. The van der Waals surface area contributed by atoms with Crippen molar-refractivity contribution in [1.82, 2.24) is 0 Å². The molecule has 114 valence electrons. The highest BCUT2D eigenvalue weighted by Crippen LogP contribution is 2.19. The molecule has 6 heteroatoms. The SMILES string of the molecule is C=COC(=O)OC(C)(C)CCOC(C)(C)C(=O)OC=C. The summed E-state index contributed by atoms with van der Waals surface area (Å²) in [6, 6.07) is 0. The zero-order chi connectivity index (χ0) is 15.8. The summed E-state index contributed by atoms with van der Waals surface area (Å²) in [4.78, 5) is 22.7. The first-order valence-corrected chi connectivity index (χ1v) is 6.11. The molecule has 0 heterocycles. The van der Waals surface area contributed by atoms with E-state index in [0.717, 1.165) is 12.5 Å². The molecule has 0 fully saturated rings. The molecule has 0 unspecified atom stereocenters. The average molecular weight is 286 g/mol. The van der Waals surface area contributed by atoms with E-state index in [0.29, 0.717) is 6.42 Å². The Morgan fingerprint density at radius 2 is 1.60 bits per heavy atom. The standard InChI is InChI=1S/C14H22O6/c1-7-17-11(15)14(5,6)19-10-9-13(3,4)20-12(16)18-8-2/h7-8H,1-2,9-10H2,3-6H3. The highest BCUT2D eigenvalue weighted by Gasteiger charge is 2.31. The summed E-state index contributed by atoms with van der Waals surface area (Å²) in [5.41, 5.74) is -1.90. The fraction of sp³-hybridized carbons (Fsp3) is 0.571. The van der Waals surface area contributed by atoms with Gasteiger partial charge in [0.2, 0.25) is 0 Å². The summed E-state index contributed by atoms with van der Waals surface area (Å²) >= 11 is 0. The van der Waals surface area contributed by atoms with Gasteiger partial charge in [0.25, 0.3) is 0 Å². The Labute approximate surface area is 119 Å². The molecule has 0 saturated heterocycles. The molecule has 0 saturated carbocycles.